The van der Waals surface area contributed by atoms with Crippen molar-refractivity contribution in [3.63, 3.8) is 0 Å². The van der Waals surface area contributed by atoms with Crippen molar-refractivity contribution >= 4 is 28.4 Å². The van der Waals surface area contributed by atoms with Crippen molar-refractivity contribution in [1.29, 1.82) is 0 Å². The fraction of sp³-hybridized carbons (Fsp3) is 0.381. The molecule has 2 aromatic heterocycles. The fourth-order valence-corrected chi connectivity index (χ4v) is 3.74. The van der Waals surface area contributed by atoms with Crippen LogP contribution in [-0.4, -0.2) is 57.6 Å². The standard InChI is InChI=1S/C21H22F3N5O4/c1-33-15-3-2-12(10-13(15)21(22,23)24)26-17-16-14(4-7-25-18(16)31)27-19(28-17)29-8-5-20(32,11-30)6-9-29/h2-4,7,10,30,32H,5-6,8-9,11H2,1H3,(H,25,31)(H,26,27,28). The average molecular weight is 465 g/mol. The Hall–Kier alpha value is -3.38. The minimum Gasteiger partial charge on any atom is -0.496 e. The lowest BCUT2D eigenvalue weighted by Crippen LogP contribution is -2.47. The number of benzene rings is 1. The number of aliphatic hydroxyl groups is 2. The quantitative estimate of drug-likeness (QED) is 0.453. The highest BCUT2D eigenvalue weighted by molar-refractivity contribution is 5.91. The molecule has 0 spiro atoms. The molecule has 0 saturated carbocycles. The molecular weight excluding hydrogens is 443 g/mol. The molecule has 33 heavy (non-hydrogen) atoms. The Morgan fingerprint density at radius 1 is 1.24 bits per heavy atom. The summed E-state index contributed by atoms with van der Waals surface area (Å²) in [5.74, 6) is -0.0397. The maximum Gasteiger partial charge on any atom is 0.420 e. The first-order valence-corrected chi connectivity index (χ1v) is 10.1. The van der Waals surface area contributed by atoms with Gasteiger partial charge in [0.2, 0.25) is 5.95 Å². The van der Waals surface area contributed by atoms with Crippen LogP contribution in [0.3, 0.4) is 0 Å². The van der Waals surface area contributed by atoms with Gasteiger partial charge in [-0.15, -0.1) is 0 Å². The van der Waals surface area contributed by atoms with E-state index >= 15 is 0 Å². The zero-order chi connectivity index (χ0) is 23.8. The monoisotopic (exact) mass is 465 g/mol. The Morgan fingerprint density at radius 3 is 2.61 bits per heavy atom. The van der Waals surface area contributed by atoms with Gasteiger partial charge in [-0.25, -0.2) is 4.98 Å². The van der Waals surface area contributed by atoms with Crippen molar-refractivity contribution in [2.24, 2.45) is 0 Å². The maximum atomic E-state index is 13.4. The number of pyridine rings is 1. The van der Waals surface area contributed by atoms with Gasteiger partial charge < -0.3 is 30.2 Å². The molecule has 4 N–H and O–H groups in total. The number of aromatic amines is 1. The number of ether oxygens (including phenoxy) is 1. The largest absolute Gasteiger partial charge is 0.496 e. The predicted molar refractivity (Wildman–Crippen MR) is 115 cm³/mol. The van der Waals surface area contributed by atoms with Crippen LogP contribution in [-0.2, 0) is 6.18 Å². The number of piperidine rings is 1. The van der Waals surface area contributed by atoms with Crippen molar-refractivity contribution in [2.75, 3.05) is 37.0 Å². The normalized spacial score (nSPS) is 16.1. The molecule has 1 aliphatic heterocycles. The summed E-state index contributed by atoms with van der Waals surface area (Å²) in [4.78, 5) is 25.6. The summed E-state index contributed by atoms with van der Waals surface area (Å²) in [6.45, 7) is 0.346. The fourth-order valence-electron chi connectivity index (χ4n) is 3.74. The molecule has 0 atom stereocenters. The first kappa shape index (κ1) is 22.8. The van der Waals surface area contributed by atoms with Crippen molar-refractivity contribution in [3.05, 3.63) is 46.4 Å². The van der Waals surface area contributed by atoms with Crippen LogP contribution in [0.4, 0.5) is 30.6 Å². The molecule has 0 radical (unpaired) electrons. The minimum absolute atomic E-state index is 0.0399. The van der Waals surface area contributed by atoms with Gasteiger partial charge in [0, 0.05) is 25.0 Å². The highest BCUT2D eigenvalue weighted by Crippen LogP contribution is 2.38. The average Bonchev–Trinajstić information content (AvgIpc) is 2.79. The van der Waals surface area contributed by atoms with Crippen LogP contribution >= 0.6 is 0 Å². The van der Waals surface area contributed by atoms with E-state index in [0.29, 0.717) is 18.6 Å². The number of nitrogens with zero attached hydrogens (tertiary/aromatic N) is 3. The van der Waals surface area contributed by atoms with Gasteiger partial charge in [0.05, 0.1) is 30.4 Å². The van der Waals surface area contributed by atoms with Gasteiger partial charge in [-0.2, -0.15) is 18.2 Å². The number of aromatic nitrogens is 3. The van der Waals surface area contributed by atoms with E-state index in [2.05, 4.69) is 20.3 Å². The Balaban J connectivity index is 1.75. The highest BCUT2D eigenvalue weighted by Gasteiger charge is 2.35. The summed E-state index contributed by atoms with van der Waals surface area (Å²) in [7, 11) is 1.15. The molecule has 1 aliphatic rings. The van der Waals surface area contributed by atoms with Crippen LogP contribution in [0, 0.1) is 0 Å². The van der Waals surface area contributed by atoms with Crippen molar-refractivity contribution in [3.8, 4) is 5.75 Å². The second-order valence-electron chi connectivity index (χ2n) is 7.85. The van der Waals surface area contributed by atoms with Gasteiger partial charge in [-0.1, -0.05) is 0 Å². The topological polar surface area (TPSA) is 124 Å². The van der Waals surface area contributed by atoms with Crippen molar-refractivity contribution < 1.29 is 28.1 Å². The Kier molecular flexibility index (Phi) is 5.89. The van der Waals surface area contributed by atoms with E-state index in [1.54, 1.807) is 11.0 Å². The van der Waals surface area contributed by atoms with Crippen molar-refractivity contribution in [2.45, 2.75) is 24.6 Å². The van der Waals surface area contributed by atoms with E-state index in [1.807, 2.05) is 0 Å². The number of fused-ring (bicyclic) bond motifs is 1. The maximum absolute atomic E-state index is 13.4. The first-order chi connectivity index (χ1) is 15.6. The van der Waals surface area contributed by atoms with E-state index in [-0.39, 0.29) is 48.0 Å². The summed E-state index contributed by atoms with van der Waals surface area (Å²) in [6.07, 6.45) is -2.65. The number of rotatable bonds is 5. The molecule has 1 aromatic carbocycles. The number of anilines is 3. The van der Waals surface area contributed by atoms with Gasteiger partial charge >= 0.3 is 6.18 Å². The number of nitrogens with one attached hydrogen (secondary N) is 2. The second kappa shape index (κ2) is 8.52. The number of halogens is 3. The first-order valence-electron chi connectivity index (χ1n) is 10.1. The molecule has 3 heterocycles. The lowest BCUT2D eigenvalue weighted by atomic mass is 9.93. The molecule has 0 aliphatic carbocycles. The van der Waals surface area contributed by atoms with E-state index in [4.69, 9.17) is 4.74 Å². The van der Waals surface area contributed by atoms with E-state index in [9.17, 15) is 28.2 Å². The van der Waals surface area contributed by atoms with Crippen LogP contribution in [0.1, 0.15) is 18.4 Å². The minimum atomic E-state index is -4.64. The molecule has 0 bridgehead atoms. The number of hydrogen-bond donors (Lipinski definition) is 4. The molecule has 0 amide bonds. The van der Waals surface area contributed by atoms with Crippen LogP contribution in [0.15, 0.2) is 35.3 Å². The predicted octanol–water partition coefficient (Wildman–Crippen LogP) is 2.41. The lowest BCUT2D eigenvalue weighted by Gasteiger charge is -2.37. The van der Waals surface area contributed by atoms with Crippen LogP contribution < -0.4 is 20.5 Å². The van der Waals surface area contributed by atoms with Crippen LogP contribution in [0.25, 0.3) is 10.9 Å². The molecular formula is C21H22F3N5O4. The Morgan fingerprint density at radius 2 is 1.97 bits per heavy atom. The summed E-state index contributed by atoms with van der Waals surface area (Å²) < 4.78 is 45.1. The third-order valence-electron chi connectivity index (χ3n) is 5.65. The molecule has 1 fully saturated rings. The third-order valence-corrected chi connectivity index (χ3v) is 5.65. The highest BCUT2D eigenvalue weighted by atomic mass is 19.4. The number of methoxy groups -OCH3 is 1. The summed E-state index contributed by atoms with van der Waals surface area (Å²) in [6, 6.07) is 5.02. The third kappa shape index (κ3) is 4.57. The molecule has 176 valence electrons. The van der Waals surface area contributed by atoms with E-state index in [0.717, 1.165) is 13.2 Å². The number of hydrogen-bond acceptors (Lipinski definition) is 8. The molecule has 0 unspecified atom stereocenters. The smallest absolute Gasteiger partial charge is 0.420 e. The van der Waals surface area contributed by atoms with Crippen molar-refractivity contribution in [1.82, 2.24) is 15.0 Å². The molecule has 4 rings (SSSR count). The zero-order valence-corrected chi connectivity index (χ0v) is 17.6. The van der Waals surface area contributed by atoms with Crippen LogP contribution in [0.2, 0.25) is 0 Å². The number of aliphatic hydroxyl groups excluding tert-OH is 1. The molecule has 9 nitrogen and oxygen atoms in total. The SMILES string of the molecule is COc1ccc(Nc2nc(N3CCC(O)(CO)CC3)nc3cc[nH]c(=O)c23)cc1C(F)(F)F. The van der Waals surface area contributed by atoms with Gasteiger partial charge in [0.1, 0.15) is 17.0 Å². The van der Waals surface area contributed by atoms with E-state index < -0.39 is 22.9 Å². The molecule has 3 aromatic rings. The van der Waals surface area contributed by atoms with E-state index in [1.165, 1.54) is 18.3 Å². The lowest BCUT2D eigenvalue weighted by molar-refractivity contribution is -0.138. The number of alkyl halides is 3. The molecule has 12 heteroatoms. The second-order valence-corrected chi connectivity index (χ2v) is 7.85. The zero-order valence-electron chi connectivity index (χ0n) is 17.6. The summed E-state index contributed by atoms with van der Waals surface area (Å²) in [5.41, 5.74) is -2.28. The summed E-state index contributed by atoms with van der Waals surface area (Å²) in [5, 5.41) is 22.5. The Bertz CT molecular complexity index is 1220. The van der Waals surface area contributed by atoms with Crippen LogP contribution in [0.5, 0.6) is 5.75 Å². The molecule has 1 saturated heterocycles. The van der Waals surface area contributed by atoms with Gasteiger partial charge in [-0.05, 0) is 37.1 Å². The van der Waals surface area contributed by atoms with Gasteiger partial charge in [0.25, 0.3) is 5.56 Å². The Labute approximate surface area is 185 Å². The summed E-state index contributed by atoms with van der Waals surface area (Å²) >= 11 is 0. The van der Waals surface area contributed by atoms with Gasteiger partial charge in [-0.3, -0.25) is 4.79 Å². The van der Waals surface area contributed by atoms with Gasteiger partial charge in [0.15, 0.2) is 0 Å². The number of H-pyrrole nitrogens is 1.